The maximum absolute atomic E-state index is 13.0. The number of nitrogens with one attached hydrogen (secondary N) is 1. The van der Waals surface area contributed by atoms with Crippen molar-refractivity contribution >= 4 is 34.3 Å². The van der Waals surface area contributed by atoms with Gasteiger partial charge in [0.1, 0.15) is 5.69 Å². The Morgan fingerprint density at radius 3 is 2.00 bits per heavy atom. The summed E-state index contributed by atoms with van der Waals surface area (Å²) in [4.78, 5) is 38.7. The molecular formula is C21H23N5O7. The lowest BCUT2D eigenvalue weighted by Crippen LogP contribution is -2.37. The molecule has 2 aromatic rings. The molecule has 4 rings (SSSR count). The lowest BCUT2D eigenvalue weighted by Gasteiger charge is -2.30. The third-order valence-corrected chi connectivity index (χ3v) is 5.58. The number of benzene rings is 2. The number of ether oxygens (including phenoxy) is 2. The number of nitro benzene ring substituents is 2. The molecule has 1 amide bonds. The summed E-state index contributed by atoms with van der Waals surface area (Å²) in [6.07, 6.45) is 0. The Balaban J connectivity index is 1.61. The van der Waals surface area contributed by atoms with Crippen molar-refractivity contribution < 1.29 is 24.1 Å². The molecule has 2 saturated heterocycles. The molecule has 2 fully saturated rings. The smallest absolute Gasteiger partial charge is 0.293 e. The summed E-state index contributed by atoms with van der Waals surface area (Å²) >= 11 is 0. The van der Waals surface area contributed by atoms with Gasteiger partial charge in [-0.2, -0.15) is 0 Å². The third-order valence-electron chi connectivity index (χ3n) is 5.58. The molecule has 0 bridgehead atoms. The number of rotatable bonds is 6. The molecule has 2 heterocycles. The van der Waals surface area contributed by atoms with Gasteiger partial charge < -0.3 is 24.6 Å². The van der Waals surface area contributed by atoms with Crippen LogP contribution in [0.3, 0.4) is 0 Å². The quantitative estimate of drug-likeness (QED) is 0.511. The summed E-state index contributed by atoms with van der Waals surface area (Å²) in [6.45, 7) is 3.97. The number of amides is 1. The number of carbonyl (C=O) groups excluding carboxylic acids is 1. The number of anilines is 3. The van der Waals surface area contributed by atoms with Crippen molar-refractivity contribution in [3.8, 4) is 0 Å². The number of non-ortho nitro benzene ring substituents is 1. The van der Waals surface area contributed by atoms with Crippen LogP contribution >= 0.6 is 0 Å². The second-order valence-electron chi connectivity index (χ2n) is 7.57. The minimum Gasteiger partial charge on any atom is -0.378 e. The summed E-state index contributed by atoms with van der Waals surface area (Å²) < 4.78 is 10.7. The highest BCUT2D eigenvalue weighted by atomic mass is 16.6. The second kappa shape index (κ2) is 9.79. The van der Waals surface area contributed by atoms with Crippen LogP contribution in [0.2, 0.25) is 0 Å². The molecule has 12 nitrogen and oxygen atoms in total. The summed E-state index contributed by atoms with van der Waals surface area (Å²) in [5.41, 5.74) is 1.17. The second-order valence-corrected chi connectivity index (χ2v) is 7.57. The summed E-state index contributed by atoms with van der Waals surface area (Å²) in [7, 11) is 0. The van der Waals surface area contributed by atoms with E-state index in [1.165, 1.54) is 30.3 Å². The highest BCUT2D eigenvalue weighted by molar-refractivity contribution is 6.07. The van der Waals surface area contributed by atoms with Crippen LogP contribution in [0.1, 0.15) is 10.4 Å². The van der Waals surface area contributed by atoms with Crippen LogP contribution in [-0.2, 0) is 9.47 Å². The van der Waals surface area contributed by atoms with E-state index in [9.17, 15) is 25.0 Å². The first-order valence-corrected chi connectivity index (χ1v) is 10.5. The maximum Gasteiger partial charge on any atom is 0.293 e. The van der Waals surface area contributed by atoms with Crippen LogP contribution in [0.4, 0.5) is 28.4 Å². The van der Waals surface area contributed by atoms with E-state index in [1.54, 1.807) is 6.07 Å². The topological polar surface area (TPSA) is 140 Å². The van der Waals surface area contributed by atoms with Gasteiger partial charge >= 0.3 is 0 Å². The van der Waals surface area contributed by atoms with E-state index < -0.39 is 15.8 Å². The summed E-state index contributed by atoms with van der Waals surface area (Å²) in [5, 5.41) is 25.7. The van der Waals surface area contributed by atoms with Crippen LogP contribution < -0.4 is 15.1 Å². The summed E-state index contributed by atoms with van der Waals surface area (Å²) in [5.74, 6) is -0.546. The molecule has 0 unspecified atom stereocenters. The van der Waals surface area contributed by atoms with Crippen LogP contribution in [-0.4, -0.2) is 68.4 Å². The van der Waals surface area contributed by atoms with E-state index in [1.807, 2.05) is 9.80 Å². The number of carbonyl (C=O) groups is 1. The van der Waals surface area contributed by atoms with Gasteiger partial charge in [-0.1, -0.05) is 0 Å². The largest absolute Gasteiger partial charge is 0.378 e. The molecule has 0 radical (unpaired) electrons. The van der Waals surface area contributed by atoms with Gasteiger partial charge in [0, 0.05) is 49.9 Å². The first-order chi connectivity index (χ1) is 15.9. The zero-order chi connectivity index (χ0) is 23.4. The van der Waals surface area contributed by atoms with E-state index in [-0.39, 0.29) is 16.9 Å². The van der Waals surface area contributed by atoms with Crippen molar-refractivity contribution in [1.29, 1.82) is 0 Å². The third kappa shape index (κ3) is 5.02. The Bertz CT molecular complexity index is 1060. The van der Waals surface area contributed by atoms with E-state index in [0.29, 0.717) is 69.7 Å². The van der Waals surface area contributed by atoms with Gasteiger partial charge in [-0.3, -0.25) is 25.0 Å². The Labute approximate surface area is 189 Å². The molecule has 2 aliphatic rings. The number of morpholine rings is 2. The zero-order valence-electron chi connectivity index (χ0n) is 17.8. The molecule has 0 atom stereocenters. The van der Waals surface area contributed by atoms with Crippen LogP contribution in [0, 0.1) is 20.2 Å². The van der Waals surface area contributed by atoms with Crippen molar-refractivity contribution in [2.24, 2.45) is 0 Å². The van der Waals surface area contributed by atoms with E-state index in [2.05, 4.69) is 5.32 Å². The van der Waals surface area contributed by atoms with Crippen LogP contribution in [0.15, 0.2) is 36.4 Å². The predicted octanol–water partition coefficient (Wildman–Crippen LogP) is 2.43. The molecule has 33 heavy (non-hydrogen) atoms. The normalized spacial score (nSPS) is 16.4. The lowest BCUT2D eigenvalue weighted by atomic mass is 10.1. The number of hydrogen-bond donors (Lipinski definition) is 1. The zero-order valence-corrected chi connectivity index (χ0v) is 17.8. The SMILES string of the molecule is O=C(Nc1ccc([N+](=O)[O-])cc1N1CCOCC1)c1ccc(N2CCOCC2)c([N+](=O)[O-])c1. The maximum atomic E-state index is 13.0. The van der Waals surface area contributed by atoms with E-state index in [0.717, 1.165) is 0 Å². The number of nitrogens with zero attached hydrogens (tertiary/aromatic N) is 4. The fraction of sp³-hybridized carbons (Fsp3) is 0.381. The van der Waals surface area contributed by atoms with Crippen molar-refractivity contribution in [3.05, 3.63) is 62.2 Å². The van der Waals surface area contributed by atoms with Gasteiger partial charge in [0.05, 0.1) is 47.6 Å². The minimum atomic E-state index is -0.546. The highest BCUT2D eigenvalue weighted by Gasteiger charge is 2.25. The molecule has 12 heteroatoms. The lowest BCUT2D eigenvalue weighted by molar-refractivity contribution is -0.384. The molecule has 2 aromatic carbocycles. The fourth-order valence-corrected chi connectivity index (χ4v) is 3.88. The van der Waals surface area contributed by atoms with Crippen molar-refractivity contribution in [2.75, 3.05) is 67.7 Å². The predicted molar refractivity (Wildman–Crippen MR) is 120 cm³/mol. The Hall–Kier alpha value is -3.77. The Morgan fingerprint density at radius 1 is 0.818 bits per heavy atom. The Kier molecular flexibility index (Phi) is 6.66. The summed E-state index contributed by atoms with van der Waals surface area (Å²) in [6, 6.07) is 8.54. The van der Waals surface area contributed by atoms with Gasteiger partial charge in [-0.25, -0.2) is 0 Å². The fourth-order valence-electron chi connectivity index (χ4n) is 3.88. The van der Waals surface area contributed by atoms with Crippen LogP contribution in [0.25, 0.3) is 0 Å². The van der Waals surface area contributed by atoms with Gasteiger partial charge in [-0.15, -0.1) is 0 Å². The van der Waals surface area contributed by atoms with Crippen LogP contribution in [0.5, 0.6) is 0 Å². The van der Waals surface area contributed by atoms with Gasteiger partial charge in [-0.05, 0) is 18.2 Å². The minimum absolute atomic E-state index is 0.0972. The number of nitro groups is 2. The Morgan fingerprint density at radius 2 is 1.42 bits per heavy atom. The van der Waals surface area contributed by atoms with Gasteiger partial charge in [0.2, 0.25) is 0 Å². The first-order valence-electron chi connectivity index (χ1n) is 10.5. The molecule has 0 aromatic heterocycles. The first kappa shape index (κ1) is 22.4. The van der Waals surface area contributed by atoms with Crippen molar-refractivity contribution in [1.82, 2.24) is 0 Å². The molecule has 1 N–H and O–H groups in total. The van der Waals surface area contributed by atoms with Crippen molar-refractivity contribution in [3.63, 3.8) is 0 Å². The molecule has 2 aliphatic heterocycles. The molecule has 0 spiro atoms. The molecule has 0 aliphatic carbocycles. The average Bonchev–Trinajstić information content (AvgIpc) is 2.84. The monoisotopic (exact) mass is 457 g/mol. The molecule has 174 valence electrons. The van der Waals surface area contributed by atoms with E-state index >= 15 is 0 Å². The molecule has 0 saturated carbocycles. The number of hydrogen-bond acceptors (Lipinski definition) is 9. The van der Waals surface area contributed by atoms with Gasteiger partial charge in [0.25, 0.3) is 17.3 Å². The highest BCUT2D eigenvalue weighted by Crippen LogP contribution is 2.33. The van der Waals surface area contributed by atoms with E-state index in [4.69, 9.17) is 9.47 Å². The molecular weight excluding hydrogens is 434 g/mol. The van der Waals surface area contributed by atoms with Crippen molar-refractivity contribution in [2.45, 2.75) is 0 Å². The standard InChI is InChI=1S/C21H23N5O7/c27-21(15-1-4-18(20(13-15)26(30)31)23-5-9-32-10-6-23)22-17-3-2-16(25(28)29)14-19(17)24-7-11-33-12-8-24/h1-4,13-14H,5-12H2,(H,22,27). The van der Waals surface area contributed by atoms with Gasteiger partial charge in [0.15, 0.2) is 0 Å². The average molecular weight is 457 g/mol.